The van der Waals surface area contributed by atoms with Crippen LogP contribution in [0.1, 0.15) is 25.7 Å². The first kappa shape index (κ1) is 12.5. The van der Waals surface area contributed by atoms with E-state index in [0.29, 0.717) is 17.4 Å². The quantitative estimate of drug-likeness (QED) is 0.573. The summed E-state index contributed by atoms with van der Waals surface area (Å²) in [5.41, 5.74) is -0.239. The fourth-order valence-electron chi connectivity index (χ4n) is 1.32. The summed E-state index contributed by atoms with van der Waals surface area (Å²) in [6.45, 7) is 0.675. The Labute approximate surface area is 99.0 Å². The van der Waals surface area contributed by atoms with Crippen molar-refractivity contribution in [2.45, 2.75) is 32.2 Å². The van der Waals surface area contributed by atoms with Crippen LogP contribution >= 0.6 is 23.2 Å². The normalized spacial score (nSPS) is 10.5. The van der Waals surface area contributed by atoms with Crippen molar-refractivity contribution in [2.24, 2.45) is 0 Å². The molecule has 0 aliphatic heterocycles. The SMILES string of the molecule is O=c1ncc(Cl)cn1CCCCCCCl. The molecule has 0 atom stereocenters. The van der Waals surface area contributed by atoms with Crippen LogP contribution in [-0.4, -0.2) is 15.4 Å². The van der Waals surface area contributed by atoms with Gasteiger partial charge in [-0.05, 0) is 12.8 Å². The molecule has 0 saturated heterocycles. The number of aryl methyl sites for hydroxylation is 1. The summed E-state index contributed by atoms with van der Waals surface area (Å²) in [7, 11) is 0. The second-order valence-electron chi connectivity index (χ2n) is 3.35. The van der Waals surface area contributed by atoms with E-state index < -0.39 is 0 Å². The molecule has 0 fully saturated rings. The van der Waals surface area contributed by atoms with Gasteiger partial charge in [0.05, 0.1) is 11.2 Å². The van der Waals surface area contributed by atoms with Crippen molar-refractivity contribution in [3.63, 3.8) is 0 Å². The topological polar surface area (TPSA) is 34.9 Å². The zero-order valence-electron chi connectivity index (χ0n) is 8.46. The van der Waals surface area contributed by atoms with E-state index in [2.05, 4.69) is 4.98 Å². The number of halogens is 2. The van der Waals surface area contributed by atoms with Crippen LogP contribution < -0.4 is 5.69 Å². The first-order valence-corrected chi connectivity index (χ1v) is 5.93. The molecular formula is C10H14Cl2N2O. The second kappa shape index (κ2) is 6.85. The third-order valence-electron chi connectivity index (χ3n) is 2.11. The van der Waals surface area contributed by atoms with Gasteiger partial charge in [-0.2, -0.15) is 0 Å². The van der Waals surface area contributed by atoms with Gasteiger partial charge in [-0.1, -0.05) is 24.4 Å². The minimum atomic E-state index is -0.239. The minimum Gasteiger partial charge on any atom is -0.298 e. The summed E-state index contributed by atoms with van der Waals surface area (Å²) in [5.74, 6) is 0.707. The summed E-state index contributed by atoms with van der Waals surface area (Å²) in [5, 5.41) is 0.496. The number of rotatable bonds is 6. The van der Waals surface area contributed by atoms with Crippen molar-refractivity contribution >= 4 is 23.2 Å². The first-order chi connectivity index (χ1) is 7.24. The molecule has 84 valence electrons. The van der Waals surface area contributed by atoms with E-state index in [4.69, 9.17) is 23.2 Å². The van der Waals surface area contributed by atoms with Crippen LogP contribution in [0.3, 0.4) is 0 Å². The van der Waals surface area contributed by atoms with Crippen LogP contribution in [0.25, 0.3) is 0 Å². The molecule has 0 aromatic carbocycles. The maximum Gasteiger partial charge on any atom is 0.347 e. The van der Waals surface area contributed by atoms with E-state index >= 15 is 0 Å². The van der Waals surface area contributed by atoms with Gasteiger partial charge in [-0.3, -0.25) is 4.57 Å². The zero-order valence-corrected chi connectivity index (χ0v) is 9.97. The van der Waals surface area contributed by atoms with E-state index in [1.807, 2.05) is 0 Å². The van der Waals surface area contributed by atoms with Gasteiger partial charge in [0.15, 0.2) is 0 Å². The molecule has 3 nitrogen and oxygen atoms in total. The van der Waals surface area contributed by atoms with Gasteiger partial charge >= 0.3 is 5.69 Å². The molecule has 0 radical (unpaired) electrons. The molecular weight excluding hydrogens is 235 g/mol. The number of hydrogen-bond acceptors (Lipinski definition) is 2. The summed E-state index contributed by atoms with van der Waals surface area (Å²) >= 11 is 11.3. The van der Waals surface area contributed by atoms with Crippen LogP contribution in [0, 0.1) is 0 Å². The highest BCUT2D eigenvalue weighted by molar-refractivity contribution is 6.30. The average Bonchev–Trinajstić information content (AvgIpc) is 2.23. The summed E-state index contributed by atoms with van der Waals surface area (Å²) in [6, 6.07) is 0. The number of aromatic nitrogens is 2. The second-order valence-corrected chi connectivity index (χ2v) is 4.17. The Balaban J connectivity index is 2.37. The lowest BCUT2D eigenvalue weighted by molar-refractivity contribution is 0.562. The summed E-state index contributed by atoms with van der Waals surface area (Å²) in [6.07, 6.45) is 7.16. The van der Waals surface area contributed by atoms with Crippen LogP contribution in [0.15, 0.2) is 17.2 Å². The Kier molecular flexibility index (Phi) is 5.73. The number of nitrogens with zero attached hydrogens (tertiary/aromatic N) is 2. The first-order valence-electron chi connectivity index (χ1n) is 5.02. The minimum absolute atomic E-state index is 0.239. The highest BCUT2D eigenvalue weighted by Crippen LogP contribution is 2.05. The molecule has 0 unspecified atom stereocenters. The van der Waals surface area contributed by atoms with Crippen molar-refractivity contribution in [1.29, 1.82) is 0 Å². The Hall–Kier alpha value is -0.540. The maximum atomic E-state index is 11.3. The van der Waals surface area contributed by atoms with Crippen molar-refractivity contribution in [3.05, 3.63) is 27.9 Å². The predicted molar refractivity (Wildman–Crippen MR) is 62.7 cm³/mol. The molecule has 1 rings (SSSR count). The third kappa shape index (κ3) is 4.67. The average molecular weight is 249 g/mol. The fraction of sp³-hybridized carbons (Fsp3) is 0.600. The summed E-state index contributed by atoms with van der Waals surface area (Å²) < 4.78 is 1.54. The molecule has 0 amide bonds. The van der Waals surface area contributed by atoms with Crippen LogP contribution in [0.2, 0.25) is 5.02 Å². The van der Waals surface area contributed by atoms with Crippen molar-refractivity contribution < 1.29 is 0 Å². The Morgan fingerprint density at radius 1 is 1.27 bits per heavy atom. The number of hydrogen-bond donors (Lipinski definition) is 0. The predicted octanol–water partition coefficient (Wildman–Crippen LogP) is 2.70. The fourth-order valence-corrected chi connectivity index (χ4v) is 1.67. The molecule has 0 bridgehead atoms. The Bertz CT molecular complexity index is 352. The van der Waals surface area contributed by atoms with Gasteiger partial charge < -0.3 is 0 Å². The van der Waals surface area contributed by atoms with Crippen LogP contribution in [0.4, 0.5) is 0 Å². The van der Waals surface area contributed by atoms with Gasteiger partial charge in [-0.15, -0.1) is 11.6 Å². The highest BCUT2D eigenvalue weighted by atomic mass is 35.5. The molecule has 15 heavy (non-hydrogen) atoms. The number of alkyl halides is 1. The molecule has 1 heterocycles. The van der Waals surface area contributed by atoms with E-state index in [1.54, 1.807) is 10.8 Å². The molecule has 1 aromatic rings. The largest absolute Gasteiger partial charge is 0.347 e. The van der Waals surface area contributed by atoms with E-state index in [0.717, 1.165) is 25.7 Å². The van der Waals surface area contributed by atoms with E-state index in [9.17, 15) is 4.79 Å². The van der Waals surface area contributed by atoms with Crippen LogP contribution in [0.5, 0.6) is 0 Å². The lowest BCUT2D eigenvalue weighted by atomic mass is 10.2. The standard InChI is InChI=1S/C10H14Cl2N2O/c11-5-3-1-2-4-6-14-8-9(12)7-13-10(14)15/h7-8H,1-6H2. The van der Waals surface area contributed by atoms with Gasteiger partial charge in [0.2, 0.25) is 0 Å². The van der Waals surface area contributed by atoms with Gasteiger partial charge in [0.1, 0.15) is 0 Å². The molecule has 0 N–H and O–H groups in total. The zero-order chi connectivity index (χ0) is 11.1. The summed E-state index contributed by atoms with van der Waals surface area (Å²) in [4.78, 5) is 14.9. The van der Waals surface area contributed by atoms with Crippen molar-refractivity contribution in [1.82, 2.24) is 9.55 Å². The molecule has 1 aromatic heterocycles. The van der Waals surface area contributed by atoms with Gasteiger partial charge in [0.25, 0.3) is 0 Å². The lowest BCUT2D eigenvalue weighted by Gasteiger charge is -2.04. The van der Waals surface area contributed by atoms with E-state index in [1.165, 1.54) is 6.20 Å². The Morgan fingerprint density at radius 2 is 2.00 bits per heavy atom. The number of unbranched alkanes of at least 4 members (excludes halogenated alkanes) is 3. The van der Waals surface area contributed by atoms with Crippen LogP contribution in [-0.2, 0) is 6.54 Å². The maximum absolute atomic E-state index is 11.3. The van der Waals surface area contributed by atoms with Crippen molar-refractivity contribution in [2.75, 3.05) is 5.88 Å². The van der Waals surface area contributed by atoms with Gasteiger partial charge in [-0.25, -0.2) is 9.78 Å². The smallest absolute Gasteiger partial charge is 0.298 e. The molecule has 5 heteroatoms. The van der Waals surface area contributed by atoms with Crippen molar-refractivity contribution in [3.8, 4) is 0 Å². The van der Waals surface area contributed by atoms with E-state index in [-0.39, 0.29) is 5.69 Å². The lowest BCUT2D eigenvalue weighted by Crippen LogP contribution is -2.21. The molecule has 0 aliphatic carbocycles. The van der Waals surface area contributed by atoms with Gasteiger partial charge in [0, 0.05) is 18.6 Å². The molecule has 0 spiro atoms. The molecule has 0 aliphatic rings. The third-order valence-corrected chi connectivity index (χ3v) is 2.57. The highest BCUT2D eigenvalue weighted by Gasteiger charge is 1.98. The Morgan fingerprint density at radius 3 is 2.73 bits per heavy atom. The monoisotopic (exact) mass is 248 g/mol. The molecule has 0 saturated carbocycles.